The first-order valence-corrected chi connectivity index (χ1v) is 11.6. The Morgan fingerprint density at radius 1 is 0.889 bits per heavy atom. The van der Waals surface area contributed by atoms with Crippen LogP contribution in [0.15, 0.2) is 18.2 Å². The first kappa shape index (κ1) is 30.7. The van der Waals surface area contributed by atoms with Crippen molar-refractivity contribution in [1.29, 1.82) is 0 Å². The van der Waals surface area contributed by atoms with E-state index in [1.165, 1.54) is 12.1 Å². The average Bonchev–Trinajstić information content (AvgIpc) is 2.70. The van der Waals surface area contributed by atoms with Crippen LogP contribution in [0.3, 0.4) is 0 Å². The van der Waals surface area contributed by atoms with Crippen molar-refractivity contribution in [3.63, 3.8) is 0 Å². The summed E-state index contributed by atoms with van der Waals surface area (Å²) in [4.78, 5) is 48.0. The zero-order valence-corrected chi connectivity index (χ0v) is 22.2. The quantitative estimate of drug-likeness (QED) is 0.290. The highest BCUT2D eigenvalue weighted by atomic mass is 16.8. The van der Waals surface area contributed by atoms with Crippen LogP contribution in [0.4, 0.5) is 9.59 Å². The fraction of sp³-hybridized carbons (Fsp3) is 0.600. The van der Waals surface area contributed by atoms with Gasteiger partial charge in [-0.2, -0.15) is 0 Å². The van der Waals surface area contributed by atoms with Crippen molar-refractivity contribution in [2.75, 3.05) is 6.61 Å². The molecule has 0 bridgehead atoms. The lowest BCUT2D eigenvalue weighted by Crippen LogP contribution is -2.37. The van der Waals surface area contributed by atoms with Crippen molar-refractivity contribution in [2.24, 2.45) is 5.73 Å². The largest absolute Gasteiger partial charge is 0.514 e. The molecule has 0 aliphatic heterocycles. The van der Waals surface area contributed by atoms with Crippen molar-refractivity contribution < 1.29 is 47.6 Å². The van der Waals surface area contributed by atoms with E-state index >= 15 is 0 Å². The lowest BCUT2D eigenvalue weighted by Gasteiger charge is -2.21. The van der Waals surface area contributed by atoms with E-state index in [0.29, 0.717) is 5.56 Å². The summed E-state index contributed by atoms with van der Waals surface area (Å²) in [6, 6.07) is 3.25. The highest BCUT2D eigenvalue weighted by Crippen LogP contribution is 2.31. The summed E-state index contributed by atoms with van der Waals surface area (Å²) in [5.41, 5.74) is 4.84. The van der Waals surface area contributed by atoms with Crippen LogP contribution in [-0.2, 0) is 35.0 Å². The molecular formula is C25H37NO10. The minimum absolute atomic E-state index is 0.0116. The molecule has 36 heavy (non-hydrogen) atoms. The molecule has 0 aliphatic carbocycles. The summed E-state index contributed by atoms with van der Waals surface area (Å²) in [5, 5.41) is 0. The van der Waals surface area contributed by atoms with Gasteiger partial charge in [0, 0.05) is 6.42 Å². The van der Waals surface area contributed by atoms with Crippen LogP contribution in [0, 0.1) is 0 Å². The van der Waals surface area contributed by atoms with Gasteiger partial charge >= 0.3 is 24.2 Å². The van der Waals surface area contributed by atoms with Crippen molar-refractivity contribution in [2.45, 2.75) is 91.6 Å². The molecule has 202 valence electrons. The van der Waals surface area contributed by atoms with Gasteiger partial charge in [-0.25, -0.2) is 9.59 Å². The third-order valence-electron chi connectivity index (χ3n) is 4.02. The lowest BCUT2D eigenvalue weighted by atomic mass is 10.1. The van der Waals surface area contributed by atoms with Gasteiger partial charge in [0.05, 0.1) is 0 Å². The molecule has 0 aliphatic rings. The summed E-state index contributed by atoms with van der Waals surface area (Å²) in [7, 11) is 0. The van der Waals surface area contributed by atoms with Crippen LogP contribution in [0.1, 0.15) is 67.4 Å². The zero-order valence-electron chi connectivity index (χ0n) is 22.2. The SMILES string of the molecule is CCC(=O)OC[C@H](C)OC(=O)[C@@H](N)Cc1ccc(OC(=O)OC(C)(C)C)c(OC(=O)OC(C)(C)C)c1. The molecule has 2 atom stereocenters. The fourth-order valence-electron chi connectivity index (χ4n) is 2.53. The van der Waals surface area contributed by atoms with Crippen molar-refractivity contribution in [3.05, 3.63) is 23.8 Å². The molecule has 1 rings (SSSR count). The zero-order chi connectivity index (χ0) is 27.7. The van der Waals surface area contributed by atoms with Gasteiger partial charge in [-0.15, -0.1) is 0 Å². The molecule has 1 aromatic rings. The maximum absolute atomic E-state index is 12.4. The van der Waals surface area contributed by atoms with E-state index in [9.17, 15) is 19.2 Å². The topological polar surface area (TPSA) is 150 Å². The lowest BCUT2D eigenvalue weighted by molar-refractivity contribution is -0.158. The number of carbonyl (C=O) groups excluding carboxylic acids is 4. The third kappa shape index (κ3) is 12.4. The molecule has 0 heterocycles. The van der Waals surface area contributed by atoms with Crippen molar-refractivity contribution >= 4 is 24.2 Å². The van der Waals surface area contributed by atoms with Gasteiger partial charge in [-0.3, -0.25) is 9.59 Å². The molecule has 0 unspecified atom stereocenters. The molecule has 0 radical (unpaired) electrons. The first-order chi connectivity index (χ1) is 16.5. The normalized spacial score (nSPS) is 13.1. The van der Waals surface area contributed by atoms with Crippen LogP contribution in [0.5, 0.6) is 11.5 Å². The minimum Gasteiger partial charge on any atom is -0.462 e. The summed E-state index contributed by atoms with van der Waals surface area (Å²) in [6.45, 7) is 13.1. The monoisotopic (exact) mass is 511 g/mol. The Hall–Kier alpha value is -3.34. The van der Waals surface area contributed by atoms with Gasteiger partial charge in [0.2, 0.25) is 0 Å². The molecule has 0 fully saturated rings. The number of ether oxygens (including phenoxy) is 6. The highest BCUT2D eigenvalue weighted by Gasteiger charge is 2.25. The van der Waals surface area contributed by atoms with Crippen LogP contribution >= 0.6 is 0 Å². The Kier molecular flexibility index (Phi) is 11.2. The van der Waals surface area contributed by atoms with Crippen LogP contribution in [0.2, 0.25) is 0 Å². The molecule has 0 saturated carbocycles. The summed E-state index contributed by atoms with van der Waals surface area (Å²) >= 11 is 0. The number of hydrogen-bond donors (Lipinski definition) is 1. The predicted molar refractivity (Wildman–Crippen MR) is 129 cm³/mol. The van der Waals surface area contributed by atoms with Crippen LogP contribution in [0.25, 0.3) is 0 Å². The van der Waals surface area contributed by atoms with Gasteiger partial charge < -0.3 is 34.2 Å². The minimum atomic E-state index is -1.07. The van der Waals surface area contributed by atoms with E-state index in [0.717, 1.165) is 0 Å². The highest BCUT2D eigenvalue weighted by molar-refractivity contribution is 5.76. The third-order valence-corrected chi connectivity index (χ3v) is 4.02. The molecule has 0 aromatic heterocycles. The smallest absolute Gasteiger partial charge is 0.462 e. The van der Waals surface area contributed by atoms with Crippen LogP contribution < -0.4 is 15.2 Å². The van der Waals surface area contributed by atoms with Crippen LogP contribution in [-0.4, -0.2) is 54.2 Å². The molecule has 11 nitrogen and oxygen atoms in total. The van der Waals surface area contributed by atoms with E-state index in [4.69, 9.17) is 34.2 Å². The van der Waals surface area contributed by atoms with E-state index in [2.05, 4.69) is 0 Å². The molecule has 1 aromatic carbocycles. The fourth-order valence-corrected chi connectivity index (χ4v) is 2.53. The number of hydrogen-bond acceptors (Lipinski definition) is 11. The van der Waals surface area contributed by atoms with Crippen molar-refractivity contribution in [3.8, 4) is 11.5 Å². The maximum Gasteiger partial charge on any atom is 0.514 e. The molecule has 0 saturated heterocycles. The Balaban J connectivity index is 2.99. The van der Waals surface area contributed by atoms with E-state index in [1.807, 2.05) is 0 Å². The Labute approximate surface area is 211 Å². The summed E-state index contributed by atoms with van der Waals surface area (Å²) < 4.78 is 30.9. The Bertz CT molecular complexity index is 930. The number of benzene rings is 1. The second kappa shape index (κ2) is 13.1. The van der Waals surface area contributed by atoms with E-state index < -0.39 is 47.6 Å². The Morgan fingerprint density at radius 2 is 1.42 bits per heavy atom. The number of nitrogens with two attached hydrogens (primary N) is 1. The standard InChI is InChI=1S/C25H37NO10/c1-9-20(27)31-14-15(2)32-21(28)17(26)12-16-10-11-18(33-22(29)35-24(3,4)5)19(13-16)34-23(30)36-25(6,7)8/h10-11,13,15,17H,9,12,14,26H2,1-8H3/t15-,17-/m0/s1. The molecular weight excluding hydrogens is 474 g/mol. The maximum atomic E-state index is 12.4. The number of esters is 2. The molecule has 2 N–H and O–H groups in total. The summed E-state index contributed by atoms with van der Waals surface area (Å²) in [5.74, 6) is -1.35. The molecule has 0 amide bonds. The summed E-state index contributed by atoms with van der Waals surface area (Å²) in [6.07, 6.45) is -2.48. The van der Waals surface area contributed by atoms with Gasteiger partial charge in [0.15, 0.2) is 11.5 Å². The van der Waals surface area contributed by atoms with Gasteiger partial charge in [0.25, 0.3) is 0 Å². The average molecular weight is 512 g/mol. The van der Waals surface area contributed by atoms with Crippen molar-refractivity contribution in [1.82, 2.24) is 0 Å². The number of carbonyl (C=O) groups is 4. The van der Waals surface area contributed by atoms with E-state index in [-0.39, 0.29) is 30.9 Å². The van der Waals surface area contributed by atoms with Gasteiger partial charge in [-0.1, -0.05) is 13.0 Å². The number of rotatable bonds is 9. The predicted octanol–water partition coefficient (Wildman–Crippen LogP) is 4.07. The van der Waals surface area contributed by atoms with Gasteiger partial charge in [0.1, 0.15) is 30.0 Å². The molecule has 0 spiro atoms. The second-order valence-electron chi connectivity index (χ2n) is 10.0. The molecule has 11 heteroatoms. The van der Waals surface area contributed by atoms with Gasteiger partial charge in [-0.05, 0) is 72.6 Å². The van der Waals surface area contributed by atoms with E-state index in [1.54, 1.807) is 61.5 Å². The Morgan fingerprint density at radius 3 is 1.92 bits per heavy atom. The second-order valence-corrected chi connectivity index (χ2v) is 10.0. The first-order valence-electron chi connectivity index (χ1n) is 11.6.